The molecule has 4 aromatic carbocycles. The Balaban J connectivity index is 0.000000201. The van der Waals surface area contributed by atoms with Gasteiger partial charge in [0.1, 0.15) is 47.3 Å². The van der Waals surface area contributed by atoms with Crippen LogP contribution >= 0.6 is 0 Å². The lowest BCUT2D eigenvalue weighted by atomic mass is 10.1. The number of fused-ring (bicyclic) bond motifs is 2. The third-order valence-electron chi connectivity index (χ3n) is 11.3. The van der Waals surface area contributed by atoms with Gasteiger partial charge in [-0.05, 0) is 85.7 Å². The summed E-state index contributed by atoms with van der Waals surface area (Å²) in [7, 11) is 0. The summed E-state index contributed by atoms with van der Waals surface area (Å²) in [5.41, 5.74) is 17.2. The highest BCUT2D eigenvalue weighted by atomic mass is 16.5. The third-order valence-corrected chi connectivity index (χ3v) is 11.3. The first kappa shape index (κ1) is 48.1. The topological polar surface area (TPSA) is 208 Å². The Morgan fingerprint density at radius 1 is 0.588 bits per heavy atom. The van der Waals surface area contributed by atoms with Crippen LogP contribution in [0.2, 0.25) is 0 Å². The lowest BCUT2D eigenvalue weighted by molar-refractivity contribution is -0.118. The Morgan fingerprint density at radius 3 is 1.43 bits per heavy atom. The largest absolute Gasteiger partial charge is 0.457 e. The molecule has 0 radical (unpaired) electrons. The molecule has 2 amide bonds. The van der Waals surface area contributed by atoms with Crippen LogP contribution in [0.1, 0.15) is 34.1 Å². The molecule has 0 atom stereocenters. The minimum absolute atomic E-state index is 0.0700. The highest BCUT2D eigenvalue weighted by molar-refractivity contribution is 6.03. The fraction of sp³-hybridized carbons (Fsp3) is 0.255. The summed E-state index contributed by atoms with van der Waals surface area (Å²) in [6.07, 6.45) is 7.25. The van der Waals surface area contributed by atoms with E-state index in [-0.39, 0.29) is 18.4 Å². The lowest BCUT2D eigenvalue weighted by Crippen LogP contribution is -2.44. The molecule has 0 unspecified atom stereocenters. The van der Waals surface area contributed by atoms with Crippen molar-refractivity contribution in [3.63, 3.8) is 0 Å². The Hall–Kier alpha value is -7.86. The van der Waals surface area contributed by atoms with E-state index in [4.69, 9.17) is 26.0 Å². The molecular formula is C51H58N12O5. The molecule has 0 saturated heterocycles. The molecule has 0 aliphatic carbocycles. The summed E-state index contributed by atoms with van der Waals surface area (Å²) in [6, 6.07) is 34.6. The lowest BCUT2D eigenvalue weighted by Gasteiger charge is -2.26. The Labute approximate surface area is 395 Å². The first-order valence-corrected chi connectivity index (χ1v) is 22.6. The van der Waals surface area contributed by atoms with Gasteiger partial charge in [0.15, 0.2) is 11.3 Å². The predicted octanol–water partition coefficient (Wildman–Crippen LogP) is 7.23. The number of nitrogen functional groups attached to an aromatic ring is 2. The Kier molecular flexibility index (Phi) is 16.3. The zero-order valence-electron chi connectivity index (χ0n) is 38.8. The molecule has 0 aliphatic heterocycles. The van der Waals surface area contributed by atoms with Gasteiger partial charge < -0.3 is 36.3 Å². The van der Waals surface area contributed by atoms with Crippen LogP contribution in [0.25, 0.3) is 44.3 Å². The molecular weight excluding hydrogens is 861 g/mol. The molecule has 17 heteroatoms. The number of nitrogens with two attached hydrogens (primary N) is 2. The molecule has 4 aromatic heterocycles. The van der Waals surface area contributed by atoms with Crippen LogP contribution in [0.4, 0.5) is 11.6 Å². The monoisotopic (exact) mass is 918 g/mol. The number of nitrogens with one attached hydrogen (secondary N) is 1. The fourth-order valence-corrected chi connectivity index (χ4v) is 7.72. The zero-order valence-corrected chi connectivity index (χ0v) is 38.8. The average Bonchev–Trinajstić information content (AvgIpc) is 3.93. The van der Waals surface area contributed by atoms with Crippen molar-refractivity contribution in [1.82, 2.24) is 39.5 Å². The van der Waals surface area contributed by atoms with E-state index in [2.05, 4.69) is 44.0 Å². The first-order valence-electron chi connectivity index (χ1n) is 22.6. The van der Waals surface area contributed by atoms with Crippen LogP contribution in [0.15, 0.2) is 134 Å². The number of carbonyl (C=O) groups excluding carboxylic acids is 2. The van der Waals surface area contributed by atoms with E-state index < -0.39 is 0 Å². The predicted molar refractivity (Wildman–Crippen MR) is 268 cm³/mol. The molecule has 0 spiro atoms. The zero-order chi connectivity index (χ0) is 48.0. The number of benzene rings is 4. The molecule has 0 aliphatic rings. The molecule has 4 heterocycles. The summed E-state index contributed by atoms with van der Waals surface area (Å²) in [6.45, 7) is 12.2. The van der Waals surface area contributed by atoms with Crippen molar-refractivity contribution in [3.8, 4) is 45.3 Å². The second kappa shape index (κ2) is 23.0. The highest BCUT2D eigenvalue weighted by Crippen LogP contribution is 2.36. The van der Waals surface area contributed by atoms with Crippen LogP contribution in [-0.4, -0.2) is 104 Å². The standard InChI is InChI=1S/C26H30N6O2.C25H28N6O3/c1-4-30(5-2)15-16-31(19(3)33)32-17-23(24-25(27)28-18-29-26(24)32)20-11-13-22(14-12-20)34-21-9-7-6-8-10-21;1-18(33)30(14-13-27-12-5-15-32)31-16-22(23-24(26)28-17-29-25(23)31)19-8-10-21(11-9-19)34-20-6-3-2-4-7-20/h6-14,17-18H,4-5,15-16H2,1-3H3,(H2,27,28,29);2-4,6-11,16-17,27,32H,5,12-15H2,1H3,(H2,26,28,29). The molecule has 0 fully saturated rings. The van der Waals surface area contributed by atoms with Crippen molar-refractivity contribution >= 4 is 45.5 Å². The van der Waals surface area contributed by atoms with E-state index in [0.717, 1.165) is 59.1 Å². The quantitative estimate of drug-likeness (QED) is 0.0592. The SMILES string of the molecule is CC(=O)N(CCNCCCO)n1cc(-c2ccc(Oc3ccccc3)cc2)c2c(N)ncnc21.CCN(CC)CCN(C(C)=O)n1cc(-c2ccc(Oc3ccccc3)cc2)c2c(N)ncnc21. The number of aliphatic hydroxyl groups excluding tert-OH is 1. The Bertz CT molecular complexity index is 2890. The van der Waals surface area contributed by atoms with Crippen molar-refractivity contribution in [2.75, 3.05) is 73.9 Å². The summed E-state index contributed by atoms with van der Waals surface area (Å²) in [5.74, 6) is 3.48. The van der Waals surface area contributed by atoms with Crippen LogP contribution in [0, 0.1) is 0 Å². The summed E-state index contributed by atoms with van der Waals surface area (Å²) < 4.78 is 15.3. The number of likely N-dealkylation sites (N-methyl/N-ethyl adjacent to an activating group) is 1. The molecule has 8 aromatic rings. The van der Waals surface area contributed by atoms with Crippen LogP contribution in [0.3, 0.4) is 0 Å². The van der Waals surface area contributed by atoms with Gasteiger partial charge in [0.25, 0.3) is 0 Å². The fourth-order valence-electron chi connectivity index (χ4n) is 7.72. The van der Waals surface area contributed by atoms with Gasteiger partial charge in [-0.2, -0.15) is 0 Å². The minimum atomic E-state index is -0.129. The highest BCUT2D eigenvalue weighted by Gasteiger charge is 2.23. The number of amides is 2. The van der Waals surface area contributed by atoms with E-state index in [9.17, 15) is 9.59 Å². The van der Waals surface area contributed by atoms with Crippen molar-refractivity contribution in [3.05, 3.63) is 134 Å². The van der Waals surface area contributed by atoms with E-state index in [1.165, 1.54) is 19.6 Å². The number of anilines is 2. The van der Waals surface area contributed by atoms with Crippen LogP contribution < -0.4 is 36.3 Å². The molecule has 0 saturated carbocycles. The van der Waals surface area contributed by atoms with Crippen molar-refractivity contribution in [1.29, 1.82) is 0 Å². The number of rotatable bonds is 19. The van der Waals surface area contributed by atoms with Gasteiger partial charge in [-0.25, -0.2) is 39.3 Å². The van der Waals surface area contributed by atoms with Gasteiger partial charge in [0.05, 0.1) is 23.9 Å². The number of nitrogens with zero attached hydrogens (tertiary/aromatic N) is 9. The third kappa shape index (κ3) is 11.6. The van der Waals surface area contributed by atoms with Crippen molar-refractivity contribution in [2.45, 2.75) is 34.1 Å². The second-order valence-electron chi connectivity index (χ2n) is 15.7. The molecule has 352 valence electrons. The average molecular weight is 919 g/mol. The van der Waals surface area contributed by atoms with Gasteiger partial charge in [-0.1, -0.05) is 74.5 Å². The maximum absolute atomic E-state index is 12.6. The van der Waals surface area contributed by atoms with Gasteiger partial charge in [0, 0.05) is 57.1 Å². The Morgan fingerprint density at radius 2 is 1.01 bits per heavy atom. The number of ether oxygens (including phenoxy) is 2. The van der Waals surface area contributed by atoms with Crippen molar-refractivity contribution in [2.24, 2.45) is 0 Å². The number of carbonyl (C=O) groups is 2. The van der Waals surface area contributed by atoms with Gasteiger partial charge in [-0.15, -0.1) is 0 Å². The first-order chi connectivity index (χ1) is 33.1. The molecule has 17 nitrogen and oxygen atoms in total. The maximum Gasteiger partial charge on any atom is 0.238 e. The summed E-state index contributed by atoms with van der Waals surface area (Å²) in [5, 5.41) is 16.9. The minimum Gasteiger partial charge on any atom is -0.457 e. The smallest absolute Gasteiger partial charge is 0.238 e. The van der Waals surface area contributed by atoms with E-state index in [1.807, 2.05) is 122 Å². The number of hydrogen-bond donors (Lipinski definition) is 4. The summed E-state index contributed by atoms with van der Waals surface area (Å²) in [4.78, 5) is 44.7. The van der Waals surface area contributed by atoms with Gasteiger partial charge >= 0.3 is 0 Å². The van der Waals surface area contributed by atoms with Crippen molar-refractivity contribution < 1.29 is 24.2 Å². The number of aromatic nitrogens is 6. The van der Waals surface area contributed by atoms with E-state index >= 15 is 0 Å². The summed E-state index contributed by atoms with van der Waals surface area (Å²) >= 11 is 0. The maximum atomic E-state index is 12.6. The van der Waals surface area contributed by atoms with E-state index in [1.54, 1.807) is 26.3 Å². The van der Waals surface area contributed by atoms with Gasteiger partial charge in [0.2, 0.25) is 11.8 Å². The number of para-hydroxylation sites is 2. The second-order valence-corrected chi connectivity index (χ2v) is 15.7. The van der Waals surface area contributed by atoms with E-state index in [0.29, 0.717) is 72.1 Å². The number of aliphatic hydroxyl groups is 1. The number of hydrogen-bond acceptors (Lipinski definition) is 13. The van der Waals surface area contributed by atoms with Crippen LogP contribution in [-0.2, 0) is 9.59 Å². The van der Waals surface area contributed by atoms with Crippen LogP contribution in [0.5, 0.6) is 23.0 Å². The molecule has 0 bridgehead atoms. The van der Waals surface area contributed by atoms with Gasteiger partial charge in [-0.3, -0.25) is 9.59 Å². The normalized spacial score (nSPS) is 11.1. The molecule has 8 rings (SSSR count). The molecule has 68 heavy (non-hydrogen) atoms. The molecule has 6 N–H and O–H groups in total.